The van der Waals surface area contributed by atoms with E-state index in [0.717, 1.165) is 11.1 Å². The first-order valence-corrected chi connectivity index (χ1v) is 8.87. The Morgan fingerprint density at radius 2 is 2.29 bits per heavy atom. The monoisotopic (exact) mass is 378 g/mol. The highest BCUT2D eigenvalue weighted by molar-refractivity contribution is 5.88. The number of benzene rings is 1. The van der Waals surface area contributed by atoms with Crippen LogP contribution in [0.5, 0.6) is 11.5 Å². The van der Waals surface area contributed by atoms with Gasteiger partial charge in [0.1, 0.15) is 30.3 Å². The highest BCUT2D eigenvalue weighted by Gasteiger charge is 2.14. The van der Waals surface area contributed by atoms with Crippen LogP contribution in [0.15, 0.2) is 53.4 Å². The van der Waals surface area contributed by atoms with Crippen LogP contribution in [0, 0.1) is 11.3 Å². The summed E-state index contributed by atoms with van der Waals surface area (Å²) >= 11 is 0. The number of fused-ring (bicyclic) bond motifs is 1. The first kappa shape index (κ1) is 19.2. The summed E-state index contributed by atoms with van der Waals surface area (Å²) in [6.45, 7) is 2.44. The van der Waals surface area contributed by atoms with E-state index in [1.165, 1.54) is 5.12 Å². The zero-order valence-corrected chi connectivity index (χ0v) is 15.6. The Bertz CT molecular complexity index is 977. The van der Waals surface area contributed by atoms with E-state index in [0.29, 0.717) is 35.5 Å². The molecule has 1 atom stereocenters. The Hall–Kier alpha value is -3.57. The van der Waals surface area contributed by atoms with Crippen LogP contribution in [0.25, 0.3) is 10.9 Å². The summed E-state index contributed by atoms with van der Waals surface area (Å²) < 4.78 is 11.8. The zero-order valence-electron chi connectivity index (χ0n) is 15.6. The molecule has 8 nitrogen and oxygen atoms in total. The first-order chi connectivity index (χ1) is 13.6. The Labute approximate surface area is 163 Å². The standard InChI is InChI=1S/C20H22N6O2/c1-2-25-26(23)9-10-27-20-12-18-17(11-14(20)13-21)19(7-8-24-18)28-16-5-3-15(22)4-6-16/h2-5,7-8,11-12,16H,6,9-10,22-23H2,1H3/b25-2-. The van der Waals surface area contributed by atoms with Crippen molar-refractivity contribution < 1.29 is 9.47 Å². The number of pyridine rings is 1. The summed E-state index contributed by atoms with van der Waals surface area (Å²) in [4.78, 5) is 4.38. The maximum absolute atomic E-state index is 9.53. The number of hydrogen-bond acceptors (Lipinski definition) is 8. The normalized spacial score (nSPS) is 16.0. The zero-order chi connectivity index (χ0) is 19.9. The van der Waals surface area contributed by atoms with Crippen LogP contribution in [0.2, 0.25) is 0 Å². The smallest absolute Gasteiger partial charge is 0.139 e. The highest BCUT2D eigenvalue weighted by atomic mass is 16.5. The summed E-state index contributed by atoms with van der Waals surface area (Å²) in [5, 5.41) is 15.5. The van der Waals surface area contributed by atoms with Gasteiger partial charge in [-0.2, -0.15) is 10.4 Å². The van der Waals surface area contributed by atoms with Crippen molar-refractivity contribution in [3.05, 3.63) is 53.9 Å². The second-order valence-corrected chi connectivity index (χ2v) is 6.13. The minimum absolute atomic E-state index is 0.117. The predicted octanol–water partition coefficient (Wildman–Crippen LogP) is 2.22. The van der Waals surface area contributed by atoms with Gasteiger partial charge in [-0.05, 0) is 31.2 Å². The summed E-state index contributed by atoms with van der Waals surface area (Å²) in [6.07, 6.45) is 9.50. The van der Waals surface area contributed by atoms with Gasteiger partial charge in [-0.25, -0.2) is 11.0 Å². The molecule has 1 heterocycles. The number of nitrogens with two attached hydrogens (primary N) is 2. The molecule has 1 aromatic heterocycles. The molecule has 0 saturated heterocycles. The van der Waals surface area contributed by atoms with Gasteiger partial charge in [0.15, 0.2) is 0 Å². The number of rotatable bonds is 7. The molecule has 1 aliphatic carbocycles. The molecule has 2 aromatic rings. The number of allylic oxidation sites excluding steroid dienone is 1. The van der Waals surface area contributed by atoms with Gasteiger partial charge in [-0.3, -0.25) is 4.98 Å². The number of hydrogen-bond donors (Lipinski definition) is 2. The van der Waals surface area contributed by atoms with Crippen molar-refractivity contribution in [2.24, 2.45) is 16.7 Å². The molecule has 1 aliphatic rings. The molecule has 4 N–H and O–H groups in total. The molecule has 3 rings (SSSR count). The third-order valence-electron chi connectivity index (χ3n) is 4.13. The van der Waals surface area contributed by atoms with Crippen LogP contribution in [0.1, 0.15) is 18.9 Å². The van der Waals surface area contributed by atoms with E-state index < -0.39 is 0 Å². The van der Waals surface area contributed by atoms with Crippen molar-refractivity contribution in [1.29, 1.82) is 5.26 Å². The van der Waals surface area contributed by atoms with E-state index in [1.807, 2.05) is 18.2 Å². The molecule has 0 saturated carbocycles. The largest absolute Gasteiger partial charge is 0.490 e. The van der Waals surface area contributed by atoms with Crippen LogP contribution in [-0.2, 0) is 0 Å². The Morgan fingerprint density at radius 1 is 1.43 bits per heavy atom. The summed E-state index contributed by atoms with van der Waals surface area (Å²) in [5.74, 6) is 6.77. The van der Waals surface area contributed by atoms with Crippen molar-refractivity contribution in [3.8, 4) is 17.6 Å². The number of nitriles is 1. The predicted molar refractivity (Wildman–Crippen MR) is 107 cm³/mol. The van der Waals surface area contributed by atoms with Gasteiger partial charge in [-0.15, -0.1) is 0 Å². The summed E-state index contributed by atoms with van der Waals surface area (Å²) in [5.41, 5.74) is 7.56. The molecule has 0 fully saturated rings. The SMILES string of the molecule is C/C=N\N(N)CCOc1cc2nccc(OC3C=CC(N)=CC3)c2cc1C#N. The number of hydrazine groups is 1. The van der Waals surface area contributed by atoms with Crippen molar-refractivity contribution in [3.63, 3.8) is 0 Å². The van der Waals surface area contributed by atoms with E-state index in [-0.39, 0.29) is 12.7 Å². The van der Waals surface area contributed by atoms with E-state index in [2.05, 4.69) is 16.2 Å². The minimum atomic E-state index is -0.117. The van der Waals surface area contributed by atoms with Crippen LogP contribution in [0.4, 0.5) is 0 Å². The van der Waals surface area contributed by atoms with E-state index in [4.69, 9.17) is 21.1 Å². The number of ether oxygens (including phenoxy) is 2. The Kier molecular flexibility index (Phi) is 6.09. The number of nitrogens with zero attached hydrogens (tertiary/aromatic N) is 4. The van der Waals surface area contributed by atoms with Gasteiger partial charge in [0, 0.05) is 36.0 Å². The average Bonchev–Trinajstić information content (AvgIpc) is 2.69. The van der Waals surface area contributed by atoms with E-state index in [1.54, 1.807) is 37.5 Å². The van der Waals surface area contributed by atoms with Gasteiger partial charge < -0.3 is 15.2 Å². The first-order valence-electron chi connectivity index (χ1n) is 8.87. The molecule has 0 radical (unpaired) electrons. The minimum Gasteiger partial charge on any atom is -0.490 e. The Morgan fingerprint density at radius 3 is 3.00 bits per heavy atom. The molecule has 8 heteroatoms. The molecule has 28 heavy (non-hydrogen) atoms. The molecule has 0 bridgehead atoms. The summed E-state index contributed by atoms with van der Waals surface area (Å²) in [6, 6.07) is 7.42. The maximum atomic E-state index is 9.53. The van der Waals surface area contributed by atoms with Crippen LogP contribution in [0.3, 0.4) is 0 Å². The highest BCUT2D eigenvalue weighted by Crippen LogP contribution is 2.31. The third-order valence-corrected chi connectivity index (χ3v) is 4.13. The lowest BCUT2D eigenvalue weighted by atomic mass is 10.1. The van der Waals surface area contributed by atoms with Crippen molar-refractivity contribution in [2.45, 2.75) is 19.4 Å². The van der Waals surface area contributed by atoms with Crippen LogP contribution in [-0.4, -0.2) is 35.6 Å². The lowest BCUT2D eigenvalue weighted by Crippen LogP contribution is -2.29. The second-order valence-electron chi connectivity index (χ2n) is 6.13. The van der Waals surface area contributed by atoms with Crippen LogP contribution >= 0.6 is 0 Å². The quantitative estimate of drug-likeness (QED) is 0.430. The van der Waals surface area contributed by atoms with Gasteiger partial charge in [-0.1, -0.05) is 6.08 Å². The number of aromatic nitrogens is 1. The maximum Gasteiger partial charge on any atom is 0.139 e. The second kappa shape index (κ2) is 8.88. The molecule has 1 aromatic carbocycles. The molecule has 1 unspecified atom stereocenters. The van der Waals surface area contributed by atoms with Gasteiger partial charge in [0.25, 0.3) is 0 Å². The third kappa shape index (κ3) is 4.58. The molecule has 0 aliphatic heterocycles. The fraction of sp³-hybridized carbons (Fsp3) is 0.250. The summed E-state index contributed by atoms with van der Waals surface area (Å²) in [7, 11) is 0. The lowest BCUT2D eigenvalue weighted by molar-refractivity contribution is 0.219. The molecular weight excluding hydrogens is 356 g/mol. The molecular formula is C20H22N6O2. The van der Waals surface area contributed by atoms with Crippen molar-refractivity contribution in [2.75, 3.05) is 13.2 Å². The molecule has 144 valence electrons. The molecule has 0 spiro atoms. The van der Waals surface area contributed by atoms with Crippen LogP contribution < -0.4 is 21.1 Å². The number of hydrazone groups is 1. The van der Waals surface area contributed by atoms with Crippen molar-refractivity contribution >= 4 is 17.1 Å². The van der Waals surface area contributed by atoms with Crippen molar-refractivity contribution in [1.82, 2.24) is 10.1 Å². The molecule has 0 amide bonds. The fourth-order valence-corrected chi connectivity index (χ4v) is 2.78. The van der Waals surface area contributed by atoms with E-state index in [9.17, 15) is 5.26 Å². The van der Waals surface area contributed by atoms with Gasteiger partial charge in [0.05, 0.1) is 17.6 Å². The average molecular weight is 378 g/mol. The Balaban J connectivity index is 1.81. The lowest BCUT2D eigenvalue weighted by Gasteiger charge is -2.19. The topological polar surface area (TPSA) is 123 Å². The van der Waals surface area contributed by atoms with Gasteiger partial charge in [0.2, 0.25) is 0 Å². The fourth-order valence-electron chi connectivity index (χ4n) is 2.78. The van der Waals surface area contributed by atoms with Gasteiger partial charge >= 0.3 is 0 Å². The van der Waals surface area contributed by atoms with E-state index >= 15 is 0 Å².